The highest BCUT2D eigenvalue weighted by molar-refractivity contribution is 9.11. The van der Waals surface area contributed by atoms with E-state index in [-0.39, 0.29) is 12.0 Å². The SMILES string of the molecule is CCOC(=O)C(C)N(C)Cc1csc(Br)c1. The molecule has 0 radical (unpaired) electrons. The van der Waals surface area contributed by atoms with Gasteiger partial charge in [0, 0.05) is 6.54 Å². The minimum absolute atomic E-state index is 0.167. The highest BCUT2D eigenvalue weighted by Crippen LogP contribution is 2.21. The molecule has 1 heterocycles. The zero-order chi connectivity index (χ0) is 12.1. The van der Waals surface area contributed by atoms with Crippen LogP contribution in [0.5, 0.6) is 0 Å². The fourth-order valence-electron chi connectivity index (χ4n) is 1.30. The average Bonchev–Trinajstić information content (AvgIpc) is 2.63. The minimum atomic E-state index is -0.210. The predicted molar refractivity (Wildman–Crippen MR) is 69.6 cm³/mol. The zero-order valence-corrected chi connectivity index (χ0v) is 12.1. The van der Waals surface area contributed by atoms with E-state index in [4.69, 9.17) is 4.74 Å². The molecular weight excluding hydrogens is 290 g/mol. The van der Waals surface area contributed by atoms with Crippen molar-refractivity contribution in [2.75, 3.05) is 13.7 Å². The summed E-state index contributed by atoms with van der Waals surface area (Å²) in [6, 6.07) is 1.86. The predicted octanol–water partition coefficient (Wildman–Crippen LogP) is 2.89. The fourth-order valence-corrected chi connectivity index (χ4v) is 2.50. The molecule has 0 spiro atoms. The smallest absolute Gasteiger partial charge is 0.323 e. The van der Waals surface area contributed by atoms with Gasteiger partial charge in [0.2, 0.25) is 0 Å². The number of hydrogen-bond acceptors (Lipinski definition) is 4. The van der Waals surface area contributed by atoms with Crippen LogP contribution in [0.3, 0.4) is 0 Å². The van der Waals surface area contributed by atoms with Crippen molar-refractivity contribution in [3.8, 4) is 0 Å². The van der Waals surface area contributed by atoms with Crippen LogP contribution in [0.4, 0.5) is 0 Å². The Morgan fingerprint density at radius 1 is 1.69 bits per heavy atom. The van der Waals surface area contributed by atoms with Crippen LogP contribution < -0.4 is 0 Å². The monoisotopic (exact) mass is 305 g/mol. The lowest BCUT2D eigenvalue weighted by molar-refractivity contribution is -0.148. The average molecular weight is 306 g/mol. The van der Waals surface area contributed by atoms with Crippen LogP contribution in [0.25, 0.3) is 0 Å². The molecule has 1 aromatic heterocycles. The molecule has 0 saturated carbocycles. The molecule has 1 atom stereocenters. The summed E-state index contributed by atoms with van der Waals surface area (Å²) < 4.78 is 6.09. The Labute approximate surface area is 109 Å². The first kappa shape index (κ1) is 13.7. The number of esters is 1. The molecule has 0 aliphatic carbocycles. The van der Waals surface area contributed by atoms with Gasteiger partial charge < -0.3 is 4.74 Å². The van der Waals surface area contributed by atoms with Gasteiger partial charge in [-0.1, -0.05) is 0 Å². The van der Waals surface area contributed by atoms with Gasteiger partial charge in [0.1, 0.15) is 6.04 Å². The molecule has 5 heteroatoms. The van der Waals surface area contributed by atoms with Gasteiger partial charge in [0.25, 0.3) is 0 Å². The summed E-state index contributed by atoms with van der Waals surface area (Å²) in [6.07, 6.45) is 0. The highest BCUT2D eigenvalue weighted by Gasteiger charge is 2.19. The molecule has 0 aromatic carbocycles. The topological polar surface area (TPSA) is 29.5 Å². The van der Waals surface area contributed by atoms with E-state index in [0.29, 0.717) is 6.61 Å². The van der Waals surface area contributed by atoms with Crippen molar-refractivity contribution < 1.29 is 9.53 Å². The van der Waals surface area contributed by atoms with Crippen LogP contribution in [0.1, 0.15) is 19.4 Å². The summed E-state index contributed by atoms with van der Waals surface area (Å²) in [5.74, 6) is -0.167. The van der Waals surface area contributed by atoms with Gasteiger partial charge in [-0.3, -0.25) is 9.69 Å². The number of halogens is 1. The van der Waals surface area contributed by atoms with Crippen LogP contribution in [0.2, 0.25) is 0 Å². The molecular formula is C11H16BrNO2S. The molecule has 1 rings (SSSR count). The van der Waals surface area contributed by atoms with Gasteiger partial charge >= 0.3 is 5.97 Å². The second kappa shape index (κ2) is 6.37. The lowest BCUT2D eigenvalue weighted by atomic mass is 10.2. The second-order valence-corrected chi connectivity index (χ2v) is 5.89. The molecule has 0 N–H and O–H groups in total. The van der Waals surface area contributed by atoms with E-state index in [1.54, 1.807) is 11.3 Å². The number of hydrogen-bond donors (Lipinski definition) is 0. The van der Waals surface area contributed by atoms with Crippen LogP contribution in [-0.4, -0.2) is 30.6 Å². The van der Waals surface area contributed by atoms with Gasteiger partial charge in [-0.25, -0.2) is 0 Å². The Bertz CT molecular complexity index is 354. The summed E-state index contributed by atoms with van der Waals surface area (Å²) in [4.78, 5) is 13.5. The lowest BCUT2D eigenvalue weighted by Crippen LogP contribution is -2.36. The van der Waals surface area contributed by atoms with Crippen LogP contribution in [-0.2, 0) is 16.1 Å². The quantitative estimate of drug-likeness (QED) is 0.784. The van der Waals surface area contributed by atoms with Crippen molar-refractivity contribution in [1.29, 1.82) is 0 Å². The number of rotatable bonds is 5. The first-order chi connectivity index (χ1) is 7.54. The molecule has 1 unspecified atom stereocenters. The second-order valence-electron chi connectivity index (χ2n) is 3.60. The number of thiophene rings is 1. The lowest BCUT2D eigenvalue weighted by Gasteiger charge is -2.22. The van der Waals surface area contributed by atoms with Crippen molar-refractivity contribution in [3.05, 3.63) is 20.8 Å². The Morgan fingerprint density at radius 2 is 2.38 bits per heavy atom. The summed E-state index contributed by atoms with van der Waals surface area (Å²) in [5.41, 5.74) is 1.20. The van der Waals surface area contributed by atoms with Crippen molar-refractivity contribution in [2.45, 2.75) is 26.4 Å². The van der Waals surface area contributed by atoms with E-state index >= 15 is 0 Å². The summed E-state index contributed by atoms with van der Waals surface area (Å²) in [5, 5.41) is 2.08. The Kier molecular flexibility index (Phi) is 5.44. The fraction of sp³-hybridized carbons (Fsp3) is 0.545. The first-order valence-electron chi connectivity index (χ1n) is 5.14. The van der Waals surface area contributed by atoms with Gasteiger partial charge in [0.15, 0.2) is 0 Å². The summed E-state index contributed by atoms with van der Waals surface area (Å²) >= 11 is 5.07. The van der Waals surface area contributed by atoms with Crippen molar-refractivity contribution in [3.63, 3.8) is 0 Å². The van der Waals surface area contributed by atoms with Gasteiger partial charge in [-0.05, 0) is 53.8 Å². The first-order valence-corrected chi connectivity index (χ1v) is 6.81. The molecule has 3 nitrogen and oxygen atoms in total. The zero-order valence-electron chi connectivity index (χ0n) is 9.70. The number of carbonyl (C=O) groups excluding carboxylic acids is 1. The largest absolute Gasteiger partial charge is 0.465 e. The Hall–Kier alpha value is -0.390. The van der Waals surface area contributed by atoms with Crippen molar-refractivity contribution in [2.24, 2.45) is 0 Å². The molecule has 0 fully saturated rings. The molecule has 90 valence electrons. The van der Waals surface area contributed by atoms with Crippen LogP contribution in [0, 0.1) is 0 Å². The third-order valence-corrected chi connectivity index (χ3v) is 3.90. The molecule has 0 aliphatic heterocycles. The number of nitrogens with zero attached hydrogens (tertiary/aromatic N) is 1. The van der Waals surface area contributed by atoms with E-state index < -0.39 is 0 Å². The molecule has 0 aliphatic rings. The minimum Gasteiger partial charge on any atom is -0.465 e. The molecule has 1 aromatic rings. The third-order valence-electron chi connectivity index (χ3n) is 2.34. The maximum absolute atomic E-state index is 11.5. The molecule has 16 heavy (non-hydrogen) atoms. The van der Waals surface area contributed by atoms with E-state index in [2.05, 4.69) is 27.4 Å². The Balaban J connectivity index is 2.51. The number of ether oxygens (including phenoxy) is 1. The maximum Gasteiger partial charge on any atom is 0.323 e. The molecule has 0 amide bonds. The van der Waals surface area contributed by atoms with Crippen LogP contribution in [0.15, 0.2) is 15.2 Å². The maximum atomic E-state index is 11.5. The van der Waals surface area contributed by atoms with E-state index in [1.807, 2.05) is 25.8 Å². The summed E-state index contributed by atoms with van der Waals surface area (Å²) in [6.45, 7) is 4.86. The standard InChI is InChI=1S/C11H16BrNO2S/c1-4-15-11(14)8(2)13(3)6-9-5-10(12)16-7-9/h5,7-8H,4,6H2,1-3H3. The Morgan fingerprint density at radius 3 is 2.88 bits per heavy atom. The van der Waals surface area contributed by atoms with Gasteiger partial charge in [0.05, 0.1) is 10.4 Å². The van der Waals surface area contributed by atoms with Gasteiger partial charge in [-0.2, -0.15) is 0 Å². The van der Waals surface area contributed by atoms with E-state index in [0.717, 1.165) is 10.3 Å². The number of likely N-dealkylation sites (N-methyl/N-ethyl adjacent to an activating group) is 1. The molecule has 0 saturated heterocycles. The van der Waals surface area contributed by atoms with Gasteiger partial charge in [-0.15, -0.1) is 11.3 Å². The third kappa shape index (κ3) is 3.88. The number of carbonyl (C=O) groups is 1. The van der Waals surface area contributed by atoms with Crippen molar-refractivity contribution in [1.82, 2.24) is 4.90 Å². The summed E-state index contributed by atoms with van der Waals surface area (Å²) in [7, 11) is 1.92. The van der Waals surface area contributed by atoms with Crippen molar-refractivity contribution >= 4 is 33.2 Å². The molecule has 0 bridgehead atoms. The van der Waals surface area contributed by atoms with E-state index in [1.165, 1.54) is 5.56 Å². The van der Waals surface area contributed by atoms with E-state index in [9.17, 15) is 4.79 Å². The highest BCUT2D eigenvalue weighted by atomic mass is 79.9. The van der Waals surface area contributed by atoms with Crippen LogP contribution >= 0.6 is 27.3 Å². The normalized spacial score (nSPS) is 12.8.